The van der Waals surface area contributed by atoms with E-state index in [1.165, 1.54) is 25.7 Å². The standard InChI is InChI=1S/C11H26O4Si/c1-5-7-8-9-10-11-15-16(12-3,13-4)14-6-2/h5-11H2,1-4H3. The smallest absolute Gasteiger partial charge is 0.355 e. The highest BCUT2D eigenvalue weighted by molar-refractivity contribution is 6.53. The predicted molar refractivity (Wildman–Crippen MR) is 66.1 cm³/mol. The molecule has 0 saturated heterocycles. The Morgan fingerprint density at radius 3 is 1.94 bits per heavy atom. The molecule has 0 aromatic rings. The lowest BCUT2D eigenvalue weighted by Crippen LogP contribution is -2.47. The Morgan fingerprint density at radius 1 is 0.812 bits per heavy atom. The molecule has 0 aliphatic carbocycles. The molecule has 0 fully saturated rings. The van der Waals surface area contributed by atoms with E-state index in [9.17, 15) is 0 Å². The van der Waals surface area contributed by atoms with E-state index >= 15 is 0 Å². The normalized spacial score (nSPS) is 12.0. The molecule has 0 aliphatic heterocycles. The zero-order chi connectivity index (χ0) is 12.3. The minimum Gasteiger partial charge on any atom is -0.355 e. The van der Waals surface area contributed by atoms with Crippen LogP contribution in [0.4, 0.5) is 0 Å². The molecule has 0 radical (unpaired) electrons. The predicted octanol–water partition coefficient (Wildman–Crippen LogP) is 2.74. The lowest BCUT2D eigenvalue weighted by molar-refractivity contribution is -0.00671. The van der Waals surface area contributed by atoms with Crippen LogP contribution in [0.5, 0.6) is 0 Å². The third-order valence-electron chi connectivity index (χ3n) is 2.35. The van der Waals surface area contributed by atoms with Gasteiger partial charge in [-0.2, -0.15) is 0 Å². The van der Waals surface area contributed by atoms with Crippen LogP contribution in [0.1, 0.15) is 46.0 Å². The van der Waals surface area contributed by atoms with Gasteiger partial charge in [0.15, 0.2) is 0 Å². The van der Waals surface area contributed by atoms with Crippen LogP contribution in [0.2, 0.25) is 0 Å². The summed E-state index contributed by atoms with van der Waals surface area (Å²) in [5.74, 6) is 0. The van der Waals surface area contributed by atoms with Gasteiger partial charge < -0.3 is 17.7 Å². The zero-order valence-corrected chi connectivity index (χ0v) is 12.1. The Balaban J connectivity index is 3.67. The molecule has 16 heavy (non-hydrogen) atoms. The Hall–Kier alpha value is 0.0569. The van der Waals surface area contributed by atoms with Crippen molar-refractivity contribution >= 4 is 9.05 Å². The summed E-state index contributed by atoms with van der Waals surface area (Å²) in [6.07, 6.45) is 6.05. The van der Waals surface area contributed by atoms with Crippen LogP contribution in [-0.4, -0.2) is 36.5 Å². The summed E-state index contributed by atoms with van der Waals surface area (Å²) in [6.45, 7) is 5.31. The van der Waals surface area contributed by atoms with E-state index < -0.39 is 9.05 Å². The minimum absolute atomic E-state index is 0.545. The van der Waals surface area contributed by atoms with Gasteiger partial charge >= 0.3 is 9.05 Å². The van der Waals surface area contributed by atoms with Crippen molar-refractivity contribution in [2.75, 3.05) is 27.4 Å². The molecule has 5 heteroatoms. The average Bonchev–Trinajstić information content (AvgIpc) is 2.32. The van der Waals surface area contributed by atoms with Crippen molar-refractivity contribution < 1.29 is 17.7 Å². The van der Waals surface area contributed by atoms with Gasteiger partial charge in [0, 0.05) is 27.4 Å². The van der Waals surface area contributed by atoms with Gasteiger partial charge in [-0.05, 0) is 13.3 Å². The van der Waals surface area contributed by atoms with Gasteiger partial charge in [0.25, 0.3) is 0 Å². The van der Waals surface area contributed by atoms with Gasteiger partial charge in [0.2, 0.25) is 0 Å². The first-order valence-electron chi connectivity index (χ1n) is 6.12. The molecule has 0 rings (SSSR count). The summed E-state index contributed by atoms with van der Waals surface area (Å²) in [6, 6.07) is 0. The molecule has 0 N–H and O–H groups in total. The van der Waals surface area contributed by atoms with E-state index in [2.05, 4.69) is 6.92 Å². The number of hydrogen-bond acceptors (Lipinski definition) is 4. The van der Waals surface area contributed by atoms with Gasteiger partial charge in [0.05, 0.1) is 0 Å². The Kier molecular flexibility index (Phi) is 10.3. The summed E-state index contributed by atoms with van der Waals surface area (Å²) in [5, 5.41) is 0. The van der Waals surface area contributed by atoms with E-state index in [1.54, 1.807) is 14.2 Å². The maximum absolute atomic E-state index is 5.62. The third-order valence-corrected chi connectivity index (χ3v) is 4.55. The summed E-state index contributed by atoms with van der Waals surface area (Å²) in [7, 11) is 0.332. The van der Waals surface area contributed by atoms with Crippen LogP contribution < -0.4 is 0 Å². The highest BCUT2D eigenvalue weighted by atomic mass is 28.4. The van der Waals surface area contributed by atoms with Crippen LogP contribution in [0, 0.1) is 0 Å². The molecule has 0 saturated carbocycles. The minimum atomic E-state index is -2.81. The molecular formula is C11H26O4Si. The van der Waals surface area contributed by atoms with Crippen molar-refractivity contribution in [3.63, 3.8) is 0 Å². The summed E-state index contributed by atoms with van der Waals surface area (Å²) >= 11 is 0. The van der Waals surface area contributed by atoms with Crippen molar-refractivity contribution in [3.8, 4) is 0 Å². The summed E-state index contributed by atoms with van der Waals surface area (Å²) < 4.78 is 21.5. The first kappa shape index (κ1) is 16.1. The molecule has 0 bridgehead atoms. The molecule has 0 spiro atoms. The summed E-state index contributed by atoms with van der Waals surface area (Å²) in [4.78, 5) is 0. The maximum Gasteiger partial charge on any atom is 0.679 e. The fourth-order valence-electron chi connectivity index (χ4n) is 1.44. The second-order valence-electron chi connectivity index (χ2n) is 3.60. The number of unbranched alkanes of at least 4 members (excludes halogenated alkanes) is 4. The topological polar surface area (TPSA) is 36.9 Å². The van der Waals surface area contributed by atoms with Crippen LogP contribution >= 0.6 is 0 Å². The molecule has 0 amide bonds. The van der Waals surface area contributed by atoms with Crippen molar-refractivity contribution in [1.29, 1.82) is 0 Å². The molecule has 98 valence electrons. The molecule has 0 aliphatic rings. The van der Waals surface area contributed by atoms with E-state index in [0.717, 1.165) is 6.42 Å². The highest BCUT2D eigenvalue weighted by Crippen LogP contribution is 2.11. The molecule has 0 aromatic heterocycles. The Labute approximate surface area is 101 Å². The Morgan fingerprint density at radius 2 is 1.44 bits per heavy atom. The maximum atomic E-state index is 5.62. The van der Waals surface area contributed by atoms with E-state index in [1.807, 2.05) is 6.92 Å². The fourth-order valence-corrected chi connectivity index (χ4v) is 2.91. The second-order valence-corrected chi connectivity index (χ2v) is 6.00. The quantitative estimate of drug-likeness (QED) is 0.417. The first-order valence-corrected chi connectivity index (χ1v) is 7.76. The monoisotopic (exact) mass is 250 g/mol. The number of rotatable bonds is 11. The van der Waals surface area contributed by atoms with Crippen molar-refractivity contribution in [2.24, 2.45) is 0 Å². The first-order chi connectivity index (χ1) is 7.74. The van der Waals surface area contributed by atoms with Crippen LogP contribution in [0.15, 0.2) is 0 Å². The molecule has 0 unspecified atom stereocenters. The van der Waals surface area contributed by atoms with Crippen molar-refractivity contribution in [1.82, 2.24) is 0 Å². The number of hydrogen-bond donors (Lipinski definition) is 0. The average molecular weight is 250 g/mol. The lowest BCUT2D eigenvalue weighted by atomic mass is 10.2. The fraction of sp³-hybridized carbons (Fsp3) is 1.00. The van der Waals surface area contributed by atoms with Crippen LogP contribution in [-0.2, 0) is 17.7 Å². The van der Waals surface area contributed by atoms with Crippen molar-refractivity contribution in [3.05, 3.63) is 0 Å². The van der Waals surface area contributed by atoms with E-state index in [-0.39, 0.29) is 0 Å². The zero-order valence-electron chi connectivity index (χ0n) is 11.1. The largest absolute Gasteiger partial charge is 0.679 e. The van der Waals surface area contributed by atoms with Crippen LogP contribution in [0.3, 0.4) is 0 Å². The molecule has 0 heterocycles. The van der Waals surface area contributed by atoms with Crippen LogP contribution in [0.25, 0.3) is 0 Å². The van der Waals surface area contributed by atoms with Crippen molar-refractivity contribution in [2.45, 2.75) is 46.0 Å². The molecule has 0 aromatic carbocycles. The van der Waals surface area contributed by atoms with Gasteiger partial charge in [-0.15, -0.1) is 0 Å². The molecule has 4 nitrogen and oxygen atoms in total. The van der Waals surface area contributed by atoms with Gasteiger partial charge in [-0.25, -0.2) is 0 Å². The molecule has 0 atom stereocenters. The lowest BCUT2D eigenvalue weighted by Gasteiger charge is -2.24. The van der Waals surface area contributed by atoms with Gasteiger partial charge in [0.1, 0.15) is 0 Å². The SMILES string of the molecule is CCCCCCCO[Si](OC)(OC)OCC. The van der Waals surface area contributed by atoms with Gasteiger partial charge in [-0.1, -0.05) is 32.6 Å². The van der Waals surface area contributed by atoms with Gasteiger partial charge in [-0.3, -0.25) is 0 Å². The molecular weight excluding hydrogens is 224 g/mol. The Bertz CT molecular complexity index is 151. The second kappa shape index (κ2) is 10.2. The third kappa shape index (κ3) is 6.60. The summed E-state index contributed by atoms with van der Waals surface area (Å²) in [5.41, 5.74) is 0. The highest BCUT2D eigenvalue weighted by Gasteiger charge is 2.42. The van der Waals surface area contributed by atoms with E-state index in [4.69, 9.17) is 17.7 Å². The van der Waals surface area contributed by atoms with E-state index in [0.29, 0.717) is 13.2 Å².